The zero-order valence-electron chi connectivity index (χ0n) is 18.9. The van der Waals surface area contributed by atoms with Crippen LogP contribution < -0.4 is 31.1 Å². The van der Waals surface area contributed by atoms with E-state index < -0.39 is 0 Å². The highest BCUT2D eigenvalue weighted by Crippen LogP contribution is 2.28. The first-order chi connectivity index (χ1) is 15.8. The molecule has 1 saturated carbocycles. The molecule has 3 aliphatic rings. The van der Waals surface area contributed by atoms with Gasteiger partial charge >= 0.3 is 0 Å². The van der Waals surface area contributed by atoms with Gasteiger partial charge in [-0.2, -0.15) is 4.98 Å². The van der Waals surface area contributed by atoms with Crippen molar-refractivity contribution in [2.24, 2.45) is 5.92 Å². The van der Waals surface area contributed by atoms with Crippen molar-refractivity contribution >= 4 is 11.8 Å². The number of methoxy groups -OCH3 is 1. The molecule has 172 valence electrons. The van der Waals surface area contributed by atoms with Gasteiger partial charge in [0.25, 0.3) is 0 Å². The first-order valence-electron chi connectivity index (χ1n) is 12.0. The van der Waals surface area contributed by atoms with Crippen LogP contribution in [0.5, 0.6) is 5.75 Å². The number of piperidine rings is 1. The van der Waals surface area contributed by atoms with Gasteiger partial charge in [0.15, 0.2) is 0 Å². The number of anilines is 2. The second kappa shape index (κ2) is 10.0. The van der Waals surface area contributed by atoms with E-state index in [9.17, 15) is 0 Å². The molecule has 8 heteroatoms. The maximum atomic E-state index is 5.34. The van der Waals surface area contributed by atoms with Crippen molar-refractivity contribution in [2.75, 3.05) is 37.0 Å². The van der Waals surface area contributed by atoms with Gasteiger partial charge in [-0.3, -0.25) is 10.9 Å². The predicted molar refractivity (Wildman–Crippen MR) is 127 cm³/mol. The van der Waals surface area contributed by atoms with E-state index in [4.69, 9.17) is 9.72 Å². The molecule has 0 bridgehead atoms. The Bertz CT molecular complexity index is 894. The molecule has 2 aromatic rings. The van der Waals surface area contributed by atoms with E-state index >= 15 is 0 Å². The molecule has 2 aliphatic heterocycles. The van der Waals surface area contributed by atoms with Gasteiger partial charge in [0, 0.05) is 50.5 Å². The van der Waals surface area contributed by atoms with Gasteiger partial charge in [0.05, 0.1) is 7.11 Å². The van der Waals surface area contributed by atoms with Crippen molar-refractivity contribution in [1.29, 1.82) is 0 Å². The standard InChI is InChI=1S/C24H35N7O/c1-32-21-6-2-4-17(12-21)14-26-20-5-3-11-31(16-20)24-25-10-9-23(29-24)28-19-7-8-22-18(13-19)15-27-30-22/h2,4,6,9-10,12,18-20,22,26-27,30H,3,5,7-8,11,13-16H2,1H3,(H,25,28,29). The number of ether oxygens (including phenoxy) is 1. The average molecular weight is 438 g/mol. The zero-order valence-corrected chi connectivity index (χ0v) is 18.9. The Morgan fingerprint density at radius 2 is 2.16 bits per heavy atom. The molecule has 1 aromatic heterocycles. The summed E-state index contributed by atoms with van der Waals surface area (Å²) in [5, 5.41) is 7.39. The van der Waals surface area contributed by atoms with Crippen molar-refractivity contribution in [1.82, 2.24) is 26.1 Å². The van der Waals surface area contributed by atoms with Gasteiger partial charge in [-0.25, -0.2) is 4.98 Å². The quantitative estimate of drug-likeness (QED) is 0.525. The van der Waals surface area contributed by atoms with Crippen molar-refractivity contribution in [3.63, 3.8) is 0 Å². The average Bonchev–Trinajstić information content (AvgIpc) is 3.31. The summed E-state index contributed by atoms with van der Waals surface area (Å²) >= 11 is 0. The highest BCUT2D eigenvalue weighted by Gasteiger charge is 2.33. The molecule has 2 saturated heterocycles. The van der Waals surface area contributed by atoms with E-state index in [1.54, 1.807) is 7.11 Å². The minimum absolute atomic E-state index is 0.424. The predicted octanol–water partition coefficient (Wildman–Crippen LogP) is 2.30. The summed E-state index contributed by atoms with van der Waals surface area (Å²) in [6.07, 6.45) is 7.77. The molecule has 0 amide bonds. The molecule has 4 N–H and O–H groups in total. The lowest BCUT2D eigenvalue weighted by Gasteiger charge is -2.34. The Morgan fingerprint density at radius 1 is 1.19 bits per heavy atom. The van der Waals surface area contributed by atoms with Gasteiger partial charge in [-0.1, -0.05) is 12.1 Å². The minimum Gasteiger partial charge on any atom is -0.497 e. The number of nitrogens with one attached hydrogen (secondary N) is 4. The lowest BCUT2D eigenvalue weighted by Crippen LogP contribution is -2.46. The van der Waals surface area contributed by atoms with Crippen molar-refractivity contribution in [2.45, 2.75) is 56.8 Å². The molecular formula is C24H35N7O. The number of hydrogen-bond acceptors (Lipinski definition) is 8. The van der Waals surface area contributed by atoms with Crippen molar-refractivity contribution < 1.29 is 4.74 Å². The van der Waals surface area contributed by atoms with E-state index in [-0.39, 0.29) is 0 Å². The Balaban J connectivity index is 1.16. The molecular weight excluding hydrogens is 402 g/mol. The summed E-state index contributed by atoms with van der Waals surface area (Å²) in [6.45, 7) is 3.84. The van der Waals surface area contributed by atoms with Crippen LogP contribution in [0.3, 0.4) is 0 Å². The van der Waals surface area contributed by atoms with E-state index in [0.717, 1.165) is 50.1 Å². The summed E-state index contributed by atoms with van der Waals surface area (Å²) in [4.78, 5) is 11.8. The number of hydrazine groups is 1. The first-order valence-corrected chi connectivity index (χ1v) is 12.0. The maximum absolute atomic E-state index is 5.34. The molecule has 0 radical (unpaired) electrons. The summed E-state index contributed by atoms with van der Waals surface area (Å²) in [5.41, 5.74) is 7.95. The number of benzene rings is 1. The Morgan fingerprint density at radius 3 is 3.09 bits per heavy atom. The lowest BCUT2D eigenvalue weighted by atomic mass is 9.83. The second-order valence-electron chi connectivity index (χ2n) is 9.31. The molecule has 4 atom stereocenters. The van der Waals surface area contributed by atoms with Crippen LogP contribution in [0.1, 0.15) is 37.7 Å². The van der Waals surface area contributed by atoms with Crippen LogP contribution in [-0.2, 0) is 6.54 Å². The van der Waals surface area contributed by atoms with Crippen molar-refractivity contribution in [3.8, 4) is 5.75 Å². The summed E-state index contributed by atoms with van der Waals surface area (Å²) in [5.74, 6) is 3.40. The van der Waals surface area contributed by atoms with Crippen LogP contribution in [0.15, 0.2) is 36.5 Å². The number of aromatic nitrogens is 2. The van der Waals surface area contributed by atoms with E-state index in [2.05, 4.69) is 43.5 Å². The van der Waals surface area contributed by atoms with Gasteiger partial charge < -0.3 is 20.3 Å². The molecule has 32 heavy (non-hydrogen) atoms. The summed E-state index contributed by atoms with van der Waals surface area (Å²) in [7, 11) is 1.71. The maximum Gasteiger partial charge on any atom is 0.227 e. The molecule has 4 unspecified atom stereocenters. The smallest absolute Gasteiger partial charge is 0.227 e. The van der Waals surface area contributed by atoms with Crippen LogP contribution in [-0.4, -0.2) is 54.8 Å². The first kappa shape index (κ1) is 21.4. The molecule has 5 rings (SSSR count). The largest absolute Gasteiger partial charge is 0.497 e. The molecule has 1 aromatic carbocycles. The highest BCUT2D eigenvalue weighted by atomic mass is 16.5. The van der Waals surface area contributed by atoms with E-state index in [1.807, 2.05) is 24.4 Å². The third-order valence-electron chi connectivity index (χ3n) is 7.06. The molecule has 3 heterocycles. The van der Waals surface area contributed by atoms with E-state index in [0.29, 0.717) is 24.0 Å². The Hall–Kier alpha value is -2.42. The molecule has 3 fully saturated rings. The number of fused-ring (bicyclic) bond motifs is 1. The van der Waals surface area contributed by atoms with Crippen LogP contribution in [0.2, 0.25) is 0 Å². The molecule has 0 spiro atoms. The molecule has 8 nitrogen and oxygen atoms in total. The van der Waals surface area contributed by atoms with Crippen LogP contribution in [0, 0.1) is 5.92 Å². The van der Waals surface area contributed by atoms with E-state index in [1.165, 1.54) is 31.2 Å². The third-order valence-corrected chi connectivity index (χ3v) is 7.06. The highest BCUT2D eigenvalue weighted by molar-refractivity contribution is 5.42. The molecule has 1 aliphatic carbocycles. The van der Waals surface area contributed by atoms with Crippen LogP contribution in [0.4, 0.5) is 11.8 Å². The zero-order chi connectivity index (χ0) is 21.8. The minimum atomic E-state index is 0.424. The summed E-state index contributed by atoms with van der Waals surface area (Å²) in [6, 6.07) is 11.8. The van der Waals surface area contributed by atoms with Crippen LogP contribution >= 0.6 is 0 Å². The van der Waals surface area contributed by atoms with Crippen molar-refractivity contribution in [3.05, 3.63) is 42.1 Å². The summed E-state index contributed by atoms with van der Waals surface area (Å²) < 4.78 is 5.34. The van der Waals surface area contributed by atoms with Gasteiger partial charge in [0.2, 0.25) is 5.95 Å². The fourth-order valence-corrected chi connectivity index (χ4v) is 5.29. The van der Waals surface area contributed by atoms with Gasteiger partial charge in [-0.15, -0.1) is 0 Å². The third kappa shape index (κ3) is 5.14. The second-order valence-corrected chi connectivity index (χ2v) is 9.31. The lowest BCUT2D eigenvalue weighted by molar-refractivity contribution is 0.314. The van der Waals surface area contributed by atoms with Gasteiger partial charge in [0.1, 0.15) is 11.6 Å². The number of rotatable bonds is 7. The Labute approximate surface area is 190 Å². The normalized spacial score (nSPS) is 27.7. The SMILES string of the molecule is COc1cccc(CNC2CCCN(c3nccc(NC4CCC5NNCC5C4)n3)C2)c1. The van der Waals surface area contributed by atoms with Crippen LogP contribution in [0.25, 0.3) is 0 Å². The topological polar surface area (TPSA) is 86.4 Å². The van der Waals surface area contributed by atoms with Gasteiger partial charge in [-0.05, 0) is 61.8 Å². The monoisotopic (exact) mass is 437 g/mol. The fourth-order valence-electron chi connectivity index (χ4n) is 5.29. The number of hydrogen-bond donors (Lipinski definition) is 4. The fraction of sp³-hybridized carbons (Fsp3) is 0.583. The number of nitrogens with zero attached hydrogens (tertiary/aromatic N) is 3. The Kier molecular flexibility index (Phi) is 6.71.